The Labute approximate surface area is 307 Å². The first-order chi connectivity index (χ1) is 24.3. The molecule has 1 aromatic carbocycles. The average Bonchev–Trinajstić information content (AvgIpc) is 3.94. The van der Waals surface area contributed by atoms with Crippen LogP contribution in [0.15, 0.2) is 36.5 Å². The van der Waals surface area contributed by atoms with Crippen LogP contribution in [0.3, 0.4) is 0 Å². The number of piperidine rings is 2. The van der Waals surface area contributed by atoms with Crippen molar-refractivity contribution in [3.05, 3.63) is 68.5 Å². The summed E-state index contributed by atoms with van der Waals surface area (Å²) in [6, 6.07) is 11.2. The van der Waals surface area contributed by atoms with E-state index in [1.54, 1.807) is 28.7 Å². The Hall–Kier alpha value is -3.24. The summed E-state index contributed by atoms with van der Waals surface area (Å²) in [5, 5.41) is 15.6. The second-order valence-electron chi connectivity index (χ2n) is 13.6. The molecular formula is C36H33FN8S5. The number of aromatic nitrogens is 6. The lowest BCUT2D eigenvalue weighted by atomic mass is 9.82. The first-order valence-electron chi connectivity index (χ1n) is 17.0. The van der Waals surface area contributed by atoms with Crippen molar-refractivity contribution in [1.82, 2.24) is 40.2 Å². The molecule has 2 N–H and O–H groups in total. The monoisotopic (exact) mass is 756 g/mol. The number of hydrogen-bond acceptors (Lipinski definition) is 12. The predicted molar refractivity (Wildman–Crippen MR) is 207 cm³/mol. The van der Waals surface area contributed by atoms with E-state index in [4.69, 9.17) is 15.1 Å². The molecule has 2 aliphatic heterocycles. The molecular weight excluding hydrogens is 724 g/mol. The van der Waals surface area contributed by atoms with E-state index in [9.17, 15) is 4.39 Å². The van der Waals surface area contributed by atoms with Crippen LogP contribution >= 0.6 is 56.7 Å². The van der Waals surface area contributed by atoms with Gasteiger partial charge in [0.25, 0.3) is 0 Å². The van der Waals surface area contributed by atoms with Gasteiger partial charge in [0.05, 0.1) is 40.9 Å². The standard InChI is InChI=1S/C36H33FN8S5/c1-16-8-25(44-45-15-17(2)40-32(16)45)27-14-30-36(48-27)42-33(49-30)20-5-7-39-24(11-20)23-10-19(4-6-38-23)26-13-29-35(47-26)43-34(50-29)21-9-22(37)31-28(12-21)46-18(3)41-31/h8-9,12-15,19-20,23-24,38-39H,4-7,10-11H2,1-3H3. The lowest BCUT2D eigenvalue weighted by Crippen LogP contribution is -2.54. The smallest absolute Gasteiger partial charge is 0.156 e. The molecule has 0 radical (unpaired) electrons. The highest BCUT2D eigenvalue weighted by Gasteiger charge is 2.35. The van der Waals surface area contributed by atoms with Gasteiger partial charge in [-0.3, -0.25) is 0 Å². The fourth-order valence-corrected chi connectivity index (χ4v) is 13.3. The van der Waals surface area contributed by atoms with E-state index in [2.05, 4.69) is 45.7 Å². The van der Waals surface area contributed by atoms with E-state index in [0.29, 0.717) is 29.4 Å². The maximum atomic E-state index is 14.8. The highest BCUT2D eigenvalue weighted by molar-refractivity contribution is 7.29. The van der Waals surface area contributed by atoms with Gasteiger partial charge in [0.1, 0.15) is 25.9 Å². The van der Waals surface area contributed by atoms with E-state index in [1.807, 2.05) is 53.3 Å². The number of rotatable bonds is 5. The summed E-state index contributed by atoms with van der Waals surface area (Å²) in [6.45, 7) is 8.05. The fourth-order valence-electron chi connectivity index (χ4n) is 7.71. The van der Waals surface area contributed by atoms with Gasteiger partial charge in [-0.05, 0) is 101 Å². The topological polar surface area (TPSA) is 92.9 Å². The van der Waals surface area contributed by atoms with Crippen molar-refractivity contribution in [2.75, 3.05) is 13.1 Å². The molecule has 0 spiro atoms. The number of nitrogens with zero attached hydrogens (tertiary/aromatic N) is 6. The van der Waals surface area contributed by atoms with Gasteiger partial charge in [-0.1, -0.05) is 0 Å². The first-order valence-corrected chi connectivity index (χ1v) is 21.1. The number of aryl methyl sites for hydroxylation is 3. The maximum absolute atomic E-state index is 14.8. The molecule has 8 nitrogen and oxygen atoms in total. The van der Waals surface area contributed by atoms with E-state index in [-0.39, 0.29) is 5.82 Å². The van der Waals surface area contributed by atoms with Crippen LogP contribution in [0, 0.1) is 26.6 Å². The molecule has 0 saturated carbocycles. The number of thiophene rings is 2. The Bertz CT molecular complexity index is 2330. The third-order valence-electron chi connectivity index (χ3n) is 10.1. The molecule has 50 heavy (non-hydrogen) atoms. The van der Waals surface area contributed by atoms with Gasteiger partial charge in [-0.25, -0.2) is 28.8 Å². The number of benzene rings is 1. The van der Waals surface area contributed by atoms with Gasteiger partial charge in [0, 0.05) is 28.4 Å². The minimum Gasteiger partial charge on any atom is -0.312 e. The number of nitrogens with one attached hydrogen (secondary N) is 2. The van der Waals surface area contributed by atoms with Crippen LogP contribution in [0.2, 0.25) is 0 Å². The highest BCUT2D eigenvalue weighted by Crippen LogP contribution is 2.44. The molecule has 254 valence electrons. The van der Waals surface area contributed by atoms with Gasteiger partial charge in [0.15, 0.2) is 11.5 Å². The van der Waals surface area contributed by atoms with Crippen LogP contribution in [0.25, 0.3) is 56.1 Å². The summed E-state index contributed by atoms with van der Waals surface area (Å²) >= 11 is 8.61. The molecule has 2 fully saturated rings. The molecule has 0 amide bonds. The Morgan fingerprint density at radius 2 is 1.54 bits per heavy atom. The van der Waals surface area contributed by atoms with Crippen molar-refractivity contribution in [3.63, 3.8) is 0 Å². The molecule has 4 unspecified atom stereocenters. The van der Waals surface area contributed by atoms with Crippen molar-refractivity contribution >= 4 is 91.6 Å². The zero-order chi connectivity index (χ0) is 33.7. The van der Waals surface area contributed by atoms with Gasteiger partial charge < -0.3 is 10.6 Å². The molecule has 7 aromatic heterocycles. The zero-order valence-electron chi connectivity index (χ0n) is 27.6. The predicted octanol–water partition coefficient (Wildman–Crippen LogP) is 9.45. The Morgan fingerprint density at radius 1 is 0.760 bits per heavy atom. The van der Waals surface area contributed by atoms with Gasteiger partial charge in [-0.2, -0.15) is 5.10 Å². The first kappa shape index (κ1) is 31.5. The molecule has 4 atom stereocenters. The van der Waals surface area contributed by atoms with E-state index in [1.165, 1.54) is 30.6 Å². The van der Waals surface area contributed by atoms with E-state index >= 15 is 0 Å². The van der Waals surface area contributed by atoms with Crippen molar-refractivity contribution in [2.24, 2.45) is 0 Å². The van der Waals surface area contributed by atoms with Crippen LogP contribution in [-0.2, 0) is 0 Å². The number of hydrogen-bond donors (Lipinski definition) is 2. The average molecular weight is 757 g/mol. The minimum absolute atomic E-state index is 0.271. The normalized spacial score (nSPS) is 21.8. The Kier molecular flexibility index (Phi) is 7.67. The third kappa shape index (κ3) is 5.51. The SMILES string of the molecule is Cc1cn2nc(-c3cc4sc(C5CCNC(C6CC(c7cc8sc(-c9cc(F)c%10nc(C)sc%10c9)nc8s7)CCN6)C5)nc4s3)cc(C)c2n1. The summed E-state index contributed by atoms with van der Waals surface area (Å²) in [4.78, 5) is 23.9. The van der Waals surface area contributed by atoms with Gasteiger partial charge in [-0.15, -0.1) is 56.7 Å². The Morgan fingerprint density at radius 3 is 2.36 bits per heavy atom. The van der Waals surface area contributed by atoms with Crippen molar-refractivity contribution in [3.8, 4) is 21.1 Å². The molecule has 0 aliphatic carbocycles. The lowest BCUT2D eigenvalue weighted by molar-refractivity contribution is 0.244. The van der Waals surface area contributed by atoms with E-state index < -0.39 is 0 Å². The lowest BCUT2D eigenvalue weighted by Gasteiger charge is -2.39. The number of imidazole rings is 1. The molecule has 10 rings (SSSR count). The number of halogens is 1. The molecule has 9 heterocycles. The summed E-state index contributed by atoms with van der Waals surface area (Å²) < 4.78 is 20.0. The van der Waals surface area contributed by atoms with Crippen LogP contribution in [0.1, 0.15) is 63.7 Å². The van der Waals surface area contributed by atoms with Crippen LogP contribution in [0.4, 0.5) is 4.39 Å². The second-order valence-corrected chi connectivity index (χ2v) is 19.1. The maximum Gasteiger partial charge on any atom is 0.156 e. The van der Waals surface area contributed by atoms with Crippen molar-refractivity contribution < 1.29 is 4.39 Å². The summed E-state index contributed by atoms with van der Waals surface area (Å²) in [6.07, 6.45) is 6.45. The van der Waals surface area contributed by atoms with Gasteiger partial charge >= 0.3 is 0 Å². The summed E-state index contributed by atoms with van der Waals surface area (Å²) in [7, 11) is 0. The van der Waals surface area contributed by atoms with Crippen LogP contribution in [-0.4, -0.2) is 54.7 Å². The summed E-state index contributed by atoms with van der Waals surface area (Å²) in [5.74, 6) is 0.708. The minimum atomic E-state index is -0.271. The molecule has 2 aliphatic rings. The van der Waals surface area contributed by atoms with Crippen molar-refractivity contribution in [2.45, 2.75) is 70.4 Å². The third-order valence-corrected chi connectivity index (χ3v) is 15.7. The fraction of sp³-hybridized carbons (Fsp3) is 0.361. The van der Waals surface area contributed by atoms with Crippen LogP contribution < -0.4 is 10.6 Å². The molecule has 8 aromatic rings. The number of thiazole rings is 3. The zero-order valence-corrected chi connectivity index (χ0v) is 31.7. The quantitative estimate of drug-likeness (QED) is 0.181. The van der Waals surface area contributed by atoms with Gasteiger partial charge in [0.2, 0.25) is 0 Å². The highest BCUT2D eigenvalue weighted by atomic mass is 32.1. The molecule has 2 saturated heterocycles. The molecule has 0 bridgehead atoms. The summed E-state index contributed by atoms with van der Waals surface area (Å²) in [5.41, 5.74) is 5.30. The Balaban J connectivity index is 0.835. The van der Waals surface area contributed by atoms with Crippen LogP contribution in [0.5, 0.6) is 0 Å². The number of fused-ring (bicyclic) bond motifs is 4. The van der Waals surface area contributed by atoms with E-state index in [0.717, 1.165) is 96.2 Å². The largest absolute Gasteiger partial charge is 0.312 e. The second kappa shape index (κ2) is 12.2. The van der Waals surface area contributed by atoms with Crippen molar-refractivity contribution in [1.29, 1.82) is 0 Å². The molecule has 14 heteroatoms.